The van der Waals surface area contributed by atoms with Crippen molar-refractivity contribution in [3.05, 3.63) is 58.0 Å². The van der Waals surface area contributed by atoms with Gasteiger partial charge in [-0.2, -0.15) is 0 Å². The van der Waals surface area contributed by atoms with Crippen molar-refractivity contribution in [1.82, 2.24) is 9.88 Å². The quantitative estimate of drug-likeness (QED) is 0.555. The zero-order valence-corrected chi connectivity index (χ0v) is 19.4. The van der Waals surface area contributed by atoms with Crippen LogP contribution in [0.25, 0.3) is 0 Å². The molecule has 0 fully saturated rings. The summed E-state index contributed by atoms with van der Waals surface area (Å²) < 4.78 is 10.6. The number of rotatable bonds is 5. The molecule has 0 radical (unpaired) electrons. The van der Waals surface area contributed by atoms with E-state index in [9.17, 15) is 9.59 Å². The third kappa shape index (κ3) is 4.56. The highest BCUT2D eigenvalue weighted by molar-refractivity contribution is 7.13. The number of nitrogens with zero attached hydrogens (tertiary/aromatic N) is 3. The molecular weight excluding hydrogens is 442 g/mol. The number of urea groups is 1. The molecule has 0 aliphatic carbocycles. The topological polar surface area (TPSA) is 110 Å². The van der Waals surface area contributed by atoms with Crippen molar-refractivity contribution in [3.63, 3.8) is 0 Å². The average Bonchev–Trinajstić information content (AvgIpc) is 3.27. The second kappa shape index (κ2) is 9.37. The SMILES string of the molecule is COc1ccc(N(C)C(=O)N2CCc3nc(C(=O)Nc4ccccc4N)sc3C2)cc1OC. The van der Waals surface area contributed by atoms with E-state index in [1.165, 1.54) is 11.3 Å². The standard InChI is InChI=1S/C23H25N5O4S/c1-27(14-8-9-18(31-2)19(12-14)32-3)23(30)28-11-10-17-20(13-28)33-22(26-17)21(29)25-16-7-5-4-6-15(16)24/h4-9,12H,10-11,13,24H2,1-3H3,(H,25,29). The van der Waals surface area contributed by atoms with Gasteiger partial charge in [0.15, 0.2) is 16.5 Å². The highest BCUT2D eigenvalue weighted by atomic mass is 32.1. The van der Waals surface area contributed by atoms with E-state index in [2.05, 4.69) is 10.3 Å². The first-order chi connectivity index (χ1) is 15.9. The number of thiazole rings is 1. The zero-order chi connectivity index (χ0) is 23.5. The first kappa shape index (κ1) is 22.4. The second-order valence-corrected chi connectivity index (χ2v) is 8.57. The molecule has 2 aromatic carbocycles. The van der Waals surface area contributed by atoms with Crippen LogP contribution < -0.4 is 25.4 Å². The summed E-state index contributed by atoms with van der Waals surface area (Å²) in [4.78, 5) is 34.5. The Balaban J connectivity index is 1.46. The number of fused-ring (bicyclic) bond motifs is 1. The van der Waals surface area contributed by atoms with Crippen molar-refractivity contribution in [2.45, 2.75) is 13.0 Å². The van der Waals surface area contributed by atoms with Gasteiger partial charge in [-0.1, -0.05) is 12.1 Å². The van der Waals surface area contributed by atoms with Crippen LogP contribution in [0.2, 0.25) is 0 Å². The minimum Gasteiger partial charge on any atom is -0.493 e. The number of ether oxygens (including phenoxy) is 2. The van der Waals surface area contributed by atoms with Crippen LogP contribution in [0.1, 0.15) is 20.4 Å². The predicted octanol–water partition coefficient (Wildman–Crippen LogP) is 3.61. The lowest BCUT2D eigenvalue weighted by atomic mass is 10.2. The van der Waals surface area contributed by atoms with Crippen molar-refractivity contribution >= 4 is 40.3 Å². The minimum absolute atomic E-state index is 0.149. The molecule has 0 bridgehead atoms. The number of aromatic nitrogens is 1. The fourth-order valence-corrected chi connectivity index (χ4v) is 4.62. The number of para-hydroxylation sites is 2. The number of nitrogens with two attached hydrogens (primary N) is 1. The van der Waals surface area contributed by atoms with E-state index < -0.39 is 0 Å². The molecule has 1 aliphatic heterocycles. The van der Waals surface area contributed by atoms with E-state index in [1.54, 1.807) is 73.5 Å². The van der Waals surface area contributed by atoms with E-state index in [4.69, 9.17) is 15.2 Å². The van der Waals surface area contributed by atoms with Gasteiger partial charge in [0.2, 0.25) is 0 Å². The van der Waals surface area contributed by atoms with E-state index in [0.717, 1.165) is 10.6 Å². The molecule has 33 heavy (non-hydrogen) atoms. The number of anilines is 3. The number of amides is 3. The molecular formula is C23H25N5O4S. The smallest absolute Gasteiger partial charge is 0.324 e. The number of carbonyl (C=O) groups is 2. The van der Waals surface area contributed by atoms with Crippen LogP contribution in [-0.4, -0.2) is 49.6 Å². The number of nitrogen functional groups attached to an aromatic ring is 1. The third-order valence-electron chi connectivity index (χ3n) is 5.45. The lowest BCUT2D eigenvalue weighted by Crippen LogP contribution is -2.43. The number of hydrogen-bond acceptors (Lipinski definition) is 7. The largest absolute Gasteiger partial charge is 0.493 e. The van der Waals surface area contributed by atoms with Gasteiger partial charge in [0.25, 0.3) is 5.91 Å². The van der Waals surface area contributed by atoms with Crippen molar-refractivity contribution in [3.8, 4) is 11.5 Å². The molecule has 1 aliphatic rings. The van der Waals surface area contributed by atoms with Crippen LogP contribution in [0.5, 0.6) is 11.5 Å². The van der Waals surface area contributed by atoms with Crippen molar-refractivity contribution in [2.75, 3.05) is 43.8 Å². The summed E-state index contributed by atoms with van der Waals surface area (Å²) in [5.41, 5.74) is 8.48. The molecule has 4 rings (SSSR count). The molecule has 3 N–H and O–H groups in total. The summed E-state index contributed by atoms with van der Waals surface area (Å²) in [6.45, 7) is 0.907. The molecule has 0 saturated heterocycles. The van der Waals surface area contributed by atoms with Crippen molar-refractivity contribution in [2.24, 2.45) is 0 Å². The Bertz CT molecular complexity index is 1200. The summed E-state index contributed by atoms with van der Waals surface area (Å²) >= 11 is 1.30. The normalized spacial score (nSPS) is 12.6. The Labute approximate surface area is 195 Å². The summed E-state index contributed by atoms with van der Waals surface area (Å²) in [7, 11) is 4.84. The maximum atomic E-state index is 13.2. The average molecular weight is 468 g/mol. The Morgan fingerprint density at radius 1 is 1.15 bits per heavy atom. The fourth-order valence-electron chi connectivity index (χ4n) is 3.60. The van der Waals surface area contributed by atoms with E-state index >= 15 is 0 Å². The molecule has 9 nitrogen and oxygen atoms in total. The number of nitrogens with one attached hydrogen (secondary N) is 1. The lowest BCUT2D eigenvalue weighted by Gasteiger charge is -2.30. The van der Waals surface area contributed by atoms with Gasteiger partial charge in [-0.25, -0.2) is 9.78 Å². The first-order valence-electron chi connectivity index (χ1n) is 10.3. The summed E-state index contributed by atoms with van der Waals surface area (Å²) in [5.74, 6) is 0.831. The van der Waals surface area contributed by atoms with Crippen molar-refractivity contribution < 1.29 is 19.1 Å². The number of methoxy groups -OCH3 is 2. The maximum Gasteiger partial charge on any atom is 0.324 e. The van der Waals surface area contributed by atoms with Gasteiger partial charge in [0, 0.05) is 36.6 Å². The van der Waals surface area contributed by atoms with Crippen LogP contribution in [0.3, 0.4) is 0 Å². The van der Waals surface area contributed by atoms with Crippen LogP contribution in [0.4, 0.5) is 21.9 Å². The van der Waals surface area contributed by atoms with Gasteiger partial charge in [0.05, 0.1) is 37.8 Å². The minimum atomic E-state index is -0.312. The Kier molecular flexibility index (Phi) is 6.36. The molecule has 3 aromatic rings. The maximum absolute atomic E-state index is 13.2. The number of carbonyl (C=O) groups excluding carboxylic acids is 2. The van der Waals surface area contributed by atoms with Crippen molar-refractivity contribution in [1.29, 1.82) is 0 Å². The Morgan fingerprint density at radius 2 is 1.91 bits per heavy atom. The Hall–Kier alpha value is -3.79. The molecule has 10 heteroatoms. The molecule has 1 aromatic heterocycles. The van der Waals surface area contributed by atoms with Crippen LogP contribution >= 0.6 is 11.3 Å². The highest BCUT2D eigenvalue weighted by Crippen LogP contribution is 2.32. The second-order valence-electron chi connectivity index (χ2n) is 7.48. The molecule has 2 heterocycles. The first-order valence-corrected chi connectivity index (χ1v) is 11.1. The van der Waals surface area contributed by atoms with Gasteiger partial charge >= 0.3 is 6.03 Å². The molecule has 0 saturated carbocycles. The number of hydrogen-bond donors (Lipinski definition) is 2. The Morgan fingerprint density at radius 3 is 2.64 bits per heavy atom. The van der Waals surface area contributed by atoms with E-state index in [1.807, 2.05) is 0 Å². The van der Waals surface area contributed by atoms with E-state index in [0.29, 0.717) is 53.1 Å². The number of benzene rings is 2. The van der Waals surface area contributed by atoms with Gasteiger partial charge < -0.3 is 25.4 Å². The molecule has 0 spiro atoms. The van der Waals surface area contributed by atoms with Gasteiger partial charge in [-0.3, -0.25) is 9.69 Å². The molecule has 0 atom stereocenters. The van der Waals surface area contributed by atoms with Gasteiger partial charge in [-0.15, -0.1) is 11.3 Å². The monoisotopic (exact) mass is 467 g/mol. The summed E-state index contributed by atoms with van der Waals surface area (Å²) in [6.07, 6.45) is 0.581. The van der Waals surface area contributed by atoms with Crippen LogP contribution in [0, 0.1) is 0 Å². The van der Waals surface area contributed by atoms with Crippen LogP contribution in [-0.2, 0) is 13.0 Å². The predicted molar refractivity (Wildman–Crippen MR) is 128 cm³/mol. The van der Waals surface area contributed by atoms with Gasteiger partial charge in [0.1, 0.15) is 0 Å². The molecule has 0 unspecified atom stereocenters. The zero-order valence-electron chi connectivity index (χ0n) is 18.6. The molecule has 3 amide bonds. The summed E-state index contributed by atoms with van der Waals surface area (Å²) in [5, 5.41) is 3.16. The molecule has 172 valence electrons. The third-order valence-corrected chi connectivity index (χ3v) is 6.53. The highest BCUT2D eigenvalue weighted by Gasteiger charge is 2.28. The van der Waals surface area contributed by atoms with E-state index in [-0.39, 0.29) is 11.9 Å². The van der Waals surface area contributed by atoms with Crippen LogP contribution in [0.15, 0.2) is 42.5 Å². The van der Waals surface area contributed by atoms with Gasteiger partial charge in [-0.05, 0) is 24.3 Å². The fraction of sp³-hybridized carbons (Fsp3) is 0.261. The lowest BCUT2D eigenvalue weighted by molar-refractivity contribution is 0.102. The summed E-state index contributed by atoms with van der Waals surface area (Å²) in [6, 6.07) is 12.3.